The van der Waals surface area contributed by atoms with Gasteiger partial charge in [0, 0.05) is 11.3 Å². The van der Waals surface area contributed by atoms with Crippen molar-refractivity contribution >= 4 is 11.7 Å². The monoisotopic (exact) mass is 498 g/mol. The third-order valence-corrected chi connectivity index (χ3v) is 6.76. The van der Waals surface area contributed by atoms with Crippen molar-refractivity contribution in [3.05, 3.63) is 114 Å². The zero-order valence-corrected chi connectivity index (χ0v) is 20.0. The first kappa shape index (κ1) is 24.3. The number of rotatable bonds is 7. The number of carbonyl (C=O) groups excluding carboxylic acids is 1. The number of anilines is 1. The molecule has 4 aromatic rings. The average Bonchev–Trinajstić information content (AvgIpc) is 3.23. The van der Waals surface area contributed by atoms with Crippen molar-refractivity contribution in [2.24, 2.45) is 0 Å². The van der Waals surface area contributed by atoms with Gasteiger partial charge in [-0.3, -0.25) is 4.90 Å². The number of halogens is 1. The normalized spacial score (nSPS) is 18.0. The van der Waals surface area contributed by atoms with Crippen LogP contribution in [0.4, 0.5) is 14.9 Å². The number of aliphatic hydroxyl groups excluding tert-OH is 1. The number of phenolic OH excluding ortho intramolecular Hbond substituents is 2. The van der Waals surface area contributed by atoms with Crippen LogP contribution in [-0.2, 0) is 0 Å². The first-order chi connectivity index (χ1) is 17.9. The molecule has 2 amide bonds. The Kier molecular flexibility index (Phi) is 6.79. The molecule has 188 valence electrons. The number of phenols is 2. The van der Waals surface area contributed by atoms with Gasteiger partial charge in [0.2, 0.25) is 0 Å². The lowest BCUT2D eigenvalue weighted by Gasteiger charge is -2.28. The fraction of sp³-hybridized carbons (Fsp3) is 0.167. The largest absolute Gasteiger partial charge is 0.508 e. The van der Waals surface area contributed by atoms with Crippen molar-refractivity contribution in [2.45, 2.75) is 31.0 Å². The maximum atomic E-state index is 13.3. The Labute approximate surface area is 214 Å². The zero-order chi connectivity index (χ0) is 25.9. The van der Waals surface area contributed by atoms with Crippen LogP contribution in [0.3, 0.4) is 0 Å². The summed E-state index contributed by atoms with van der Waals surface area (Å²) in [5.41, 5.74) is 3.32. The van der Waals surface area contributed by atoms with E-state index in [9.17, 15) is 24.5 Å². The molecule has 7 heteroatoms. The molecule has 0 spiro atoms. The second-order valence-electron chi connectivity index (χ2n) is 9.17. The summed E-state index contributed by atoms with van der Waals surface area (Å²) < 4.78 is 13.3. The molecule has 1 aliphatic rings. The summed E-state index contributed by atoms with van der Waals surface area (Å²) in [7, 11) is 0. The van der Waals surface area contributed by atoms with Gasteiger partial charge in [0.25, 0.3) is 0 Å². The smallest absolute Gasteiger partial charge is 0.322 e. The predicted octanol–water partition coefficient (Wildman–Crippen LogP) is 6.06. The molecule has 1 aliphatic heterocycles. The molecule has 0 radical (unpaired) electrons. The Morgan fingerprint density at radius 2 is 1.59 bits per heavy atom. The number of carbonyl (C=O) groups is 1. The summed E-state index contributed by atoms with van der Waals surface area (Å²) in [4.78, 5) is 14.8. The number of aromatic hydroxyl groups is 2. The summed E-state index contributed by atoms with van der Waals surface area (Å²) in [6.45, 7) is 0. The van der Waals surface area contributed by atoms with E-state index in [1.807, 2.05) is 42.5 Å². The minimum Gasteiger partial charge on any atom is -0.508 e. The van der Waals surface area contributed by atoms with Gasteiger partial charge in [-0.2, -0.15) is 0 Å². The van der Waals surface area contributed by atoms with Gasteiger partial charge in [0.15, 0.2) is 0 Å². The summed E-state index contributed by atoms with van der Waals surface area (Å²) in [6, 6.07) is 25.7. The Balaban J connectivity index is 1.46. The lowest BCUT2D eigenvalue weighted by Crippen LogP contribution is -2.29. The molecule has 0 aromatic heterocycles. The maximum Gasteiger partial charge on any atom is 0.322 e. The van der Waals surface area contributed by atoms with Crippen LogP contribution in [-0.4, -0.2) is 27.4 Å². The van der Waals surface area contributed by atoms with Gasteiger partial charge in [0.05, 0.1) is 18.2 Å². The molecule has 1 fully saturated rings. The molecule has 0 saturated carbocycles. The first-order valence-electron chi connectivity index (χ1n) is 12.1. The van der Waals surface area contributed by atoms with Crippen molar-refractivity contribution in [1.29, 1.82) is 0 Å². The Morgan fingerprint density at radius 3 is 2.30 bits per heavy atom. The number of nitrogens with one attached hydrogen (secondary N) is 1. The van der Waals surface area contributed by atoms with Crippen LogP contribution in [0.1, 0.15) is 36.1 Å². The van der Waals surface area contributed by atoms with Gasteiger partial charge in [-0.15, -0.1) is 0 Å². The van der Waals surface area contributed by atoms with Gasteiger partial charge in [-0.05, 0) is 72.0 Å². The molecule has 37 heavy (non-hydrogen) atoms. The van der Waals surface area contributed by atoms with E-state index in [2.05, 4.69) is 5.32 Å². The molecule has 0 unspecified atom stereocenters. The summed E-state index contributed by atoms with van der Waals surface area (Å²) >= 11 is 0. The van der Waals surface area contributed by atoms with Crippen LogP contribution >= 0.6 is 0 Å². The molecule has 4 aromatic carbocycles. The molecular weight excluding hydrogens is 471 g/mol. The molecule has 6 nitrogen and oxygen atoms in total. The molecule has 1 saturated heterocycles. The van der Waals surface area contributed by atoms with E-state index in [1.165, 1.54) is 12.1 Å². The van der Waals surface area contributed by atoms with Crippen LogP contribution in [0.25, 0.3) is 11.1 Å². The highest BCUT2D eigenvalue weighted by Gasteiger charge is 2.42. The lowest BCUT2D eigenvalue weighted by molar-refractivity contribution is 0.159. The van der Waals surface area contributed by atoms with E-state index in [0.29, 0.717) is 29.7 Å². The highest BCUT2D eigenvalue weighted by atomic mass is 19.1. The second-order valence-corrected chi connectivity index (χ2v) is 9.17. The number of benzene rings is 4. The number of para-hydroxylation sites is 1. The third-order valence-electron chi connectivity index (χ3n) is 6.76. The van der Waals surface area contributed by atoms with Crippen molar-refractivity contribution < 1.29 is 24.5 Å². The number of hydrogen-bond donors (Lipinski definition) is 4. The van der Waals surface area contributed by atoms with Gasteiger partial charge in [0.1, 0.15) is 17.3 Å². The van der Waals surface area contributed by atoms with Crippen molar-refractivity contribution in [3.63, 3.8) is 0 Å². The minimum absolute atomic E-state index is 0.0207. The van der Waals surface area contributed by atoms with Crippen LogP contribution in [0.2, 0.25) is 0 Å². The Hall–Kier alpha value is -4.36. The maximum absolute atomic E-state index is 13.3. The summed E-state index contributed by atoms with van der Waals surface area (Å²) in [6.07, 6.45) is -0.0742. The molecule has 0 bridgehead atoms. The van der Waals surface area contributed by atoms with Gasteiger partial charge in [-0.1, -0.05) is 54.6 Å². The molecule has 4 N–H and O–H groups in total. The quantitative estimate of drug-likeness (QED) is 0.249. The average molecular weight is 499 g/mol. The Bertz CT molecular complexity index is 1390. The molecule has 5 rings (SSSR count). The molecular formula is C30H27FN2O4. The van der Waals surface area contributed by atoms with E-state index in [1.54, 1.807) is 47.4 Å². The highest BCUT2D eigenvalue weighted by molar-refractivity contribution is 5.96. The number of aliphatic hydroxyl groups is 1. The highest BCUT2D eigenvalue weighted by Crippen LogP contribution is 2.41. The topological polar surface area (TPSA) is 93.0 Å². The van der Waals surface area contributed by atoms with E-state index in [-0.39, 0.29) is 23.3 Å². The molecule has 0 aliphatic carbocycles. The number of hydrogen-bond acceptors (Lipinski definition) is 4. The van der Waals surface area contributed by atoms with Crippen molar-refractivity contribution in [1.82, 2.24) is 5.32 Å². The van der Waals surface area contributed by atoms with Crippen LogP contribution in [0, 0.1) is 5.82 Å². The molecule has 1 heterocycles. The SMILES string of the molecule is O=C1N[C@H](CC[C@H](O)c2ccc(F)cc2)[C@@H](c2ccc(-c3cccc(O)c3)cc2O)N1c1ccccc1. The predicted molar refractivity (Wildman–Crippen MR) is 140 cm³/mol. The van der Waals surface area contributed by atoms with Crippen LogP contribution < -0.4 is 10.2 Å². The first-order valence-corrected chi connectivity index (χ1v) is 12.1. The minimum atomic E-state index is -0.828. The van der Waals surface area contributed by atoms with E-state index >= 15 is 0 Å². The van der Waals surface area contributed by atoms with Crippen LogP contribution in [0.5, 0.6) is 11.5 Å². The number of amides is 2. The van der Waals surface area contributed by atoms with Crippen molar-refractivity contribution in [2.75, 3.05) is 4.90 Å². The van der Waals surface area contributed by atoms with E-state index < -0.39 is 18.2 Å². The fourth-order valence-electron chi connectivity index (χ4n) is 4.91. The fourth-order valence-corrected chi connectivity index (χ4v) is 4.91. The third kappa shape index (κ3) is 5.13. The second kappa shape index (κ2) is 10.3. The van der Waals surface area contributed by atoms with E-state index in [4.69, 9.17) is 0 Å². The number of urea groups is 1. The lowest BCUT2D eigenvalue weighted by atomic mass is 9.91. The van der Waals surface area contributed by atoms with Gasteiger partial charge in [-0.25, -0.2) is 9.18 Å². The standard InChI is InChI=1S/C30H27FN2O4/c31-22-12-9-19(10-13-22)27(35)16-15-26-29(33(30(37)32-26)23-6-2-1-3-7-23)25-14-11-21(18-28(25)36)20-5-4-8-24(34)17-20/h1-14,17-18,26-27,29,34-36H,15-16H2,(H,32,37)/t26-,27+,29-/m1/s1. The molecule has 3 atom stereocenters. The van der Waals surface area contributed by atoms with Crippen LogP contribution in [0.15, 0.2) is 97.1 Å². The van der Waals surface area contributed by atoms with E-state index in [0.717, 1.165) is 11.1 Å². The summed E-state index contributed by atoms with van der Waals surface area (Å²) in [5, 5.41) is 34.7. The Morgan fingerprint density at radius 1 is 0.865 bits per heavy atom. The van der Waals surface area contributed by atoms with Gasteiger partial charge < -0.3 is 20.6 Å². The number of nitrogens with zero attached hydrogens (tertiary/aromatic N) is 1. The zero-order valence-electron chi connectivity index (χ0n) is 20.0. The van der Waals surface area contributed by atoms with Crippen molar-refractivity contribution in [3.8, 4) is 22.6 Å². The van der Waals surface area contributed by atoms with Gasteiger partial charge >= 0.3 is 6.03 Å². The summed E-state index contributed by atoms with van der Waals surface area (Å²) in [5.74, 6) is -0.226.